The minimum absolute atomic E-state index is 0.0121. The summed E-state index contributed by atoms with van der Waals surface area (Å²) in [5.41, 5.74) is -0.0156. The molecule has 0 radical (unpaired) electrons. The van der Waals surface area contributed by atoms with Crippen LogP contribution < -0.4 is 0 Å². The highest BCUT2D eigenvalue weighted by Gasteiger charge is 2.23. The zero-order valence-corrected chi connectivity index (χ0v) is 13.6. The topological polar surface area (TPSA) is 97.7 Å². The molecule has 0 fully saturated rings. The van der Waals surface area contributed by atoms with Gasteiger partial charge in [0.1, 0.15) is 4.90 Å². The van der Waals surface area contributed by atoms with E-state index in [9.17, 15) is 23.1 Å². The first-order chi connectivity index (χ1) is 11.9. The van der Waals surface area contributed by atoms with Gasteiger partial charge in [0.05, 0.1) is 11.1 Å². The number of hydrogen-bond donors (Lipinski definition) is 1. The summed E-state index contributed by atoms with van der Waals surface area (Å²) < 4.78 is 29.1. The number of benzene rings is 3. The fourth-order valence-corrected chi connectivity index (χ4v) is 3.33. The van der Waals surface area contributed by atoms with Crippen LogP contribution in [0.3, 0.4) is 0 Å². The molecule has 0 amide bonds. The average Bonchev–Trinajstić information content (AvgIpc) is 2.61. The Kier molecular flexibility index (Phi) is 4.24. The zero-order valence-electron chi connectivity index (χ0n) is 12.7. The molecule has 25 heavy (non-hydrogen) atoms. The molecule has 3 rings (SSSR count). The van der Waals surface area contributed by atoms with E-state index >= 15 is 0 Å². The van der Waals surface area contributed by atoms with Crippen LogP contribution in [-0.4, -0.2) is 25.5 Å². The number of aromatic carboxylic acids is 1. The Morgan fingerprint density at radius 1 is 0.760 bits per heavy atom. The number of hydrogen-bond acceptors (Lipinski definition) is 5. The fraction of sp³-hybridized carbons (Fsp3) is 0. The lowest BCUT2D eigenvalue weighted by molar-refractivity contribution is 0.0696. The van der Waals surface area contributed by atoms with Crippen LogP contribution in [-0.2, 0) is 14.3 Å². The van der Waals surface area contributed by atoms with Gasteiger partial charge < -0.3 is 9.29 Å². The van der Waals surface area contributed by atoms with Crippen LogP contribution in [0.4, 0.5) is 0 Å². The summed E-state index contributed by atoms with van der Waals surface area (Å²) in [4.78, 5) is 23.5. The molecule has 0 aromatic heterocycles. The van der Waals surface area contributed by atoms with E-state index in [0.29, 0.717) is 10.8 Å². The van der Waals surface area contributed by atoms with Gasteiger partial charge in [-0.2, -0.15) is 8.42 Å². The van der Waals surface area contributed by atoms with Gasteiger partial charge in [0.15, 0.2) is 0 Å². The van der Waals surface area contributed by atoms with Gasteiger partial charge in [-0.05, 0) is 35.0 Å². The summed E-state index contributed by atoms with van der Waals surface area (Å²) in [6.07, 6.45) is 0. The maximum absolute atomic E-state index is 12.4. The van der Waals surface area contributed by atoms with E-state index in [4.69, 9.17) is 4.18 Å². The third-order valence-corrected chi connectivity index (χ3v) is 4.81. The summed E-state index contributed by atoms with van der Waals surface area (Å²) in [7, 11) is -4.27. The molecule has 0 bridgehead atoms. The Morgan fingerprint density at radius 2 is 1.32 bits per heavy atom. The summed E-state index contributed by atoms with van der Waals surface area (Å²) >= 11 is 0. The smallest absolute Gasteiger partial charge is 0.354 e. The van der Waals surface area contributed by atoms with Gasteiger partial charge in [-0.1, -0.05) is 42.5 Å². The Balaban J connectivity index is 2.04. The van der Waals surface area contributed by atoms with Crippen LogP contribution in [0, 0.1) is 0 Å². The fourth-order valence-electron chi connectivity index (χ4n) is 2.45. The van der Waals surface area contributed by atoms with E-state index in [2.05, 4.69) is 0 Å². The molecule has 126 valence electrons. The third kappa shape index (κ3) is 3.22. The van der Waals surface area contributed by atoms with Crippen LogP contribution in [0.5, 0.6) is 0 Å². The van der Waals surface area contributed by atoms with Gasteiger partial charge in [-0.15, -0.1) is 0 Å². The maximum atomic E-state index is 12.4. The number of carbonyl (C=O) groups excluding carboxylic acids is 1. The highest BCUT2D eigenvalue weighted by molar-refractivity contribution is 7.87. The number of carbonyl (C=O) groups is 2. The van der Waals surface area contributed by atoms with Crippen molar-refractivity contribution in [3.8, 4) is 0 Å². The maximum Gasteiger partial charge on any atom is 0.354 e. The van der Waals surface area contributed by atoms with E-state index in [1.807, 2.05) is 0 Å². The molecule has 0 heterocycles. The standard InChI is InChI=1S/C18H12O6S/c19-17(20)15-10-4-9-14-13(15)8-5-11-16(14)18(21)24-25(22,23)12-6-2-1-3-7-12/h1-11H,(H,19,20). The van der Waals surface area contributed by atoms with E-state index in [1.54, 1.807) is 12.1 Å². The Bertz CT molecular complexity index is 1070. The Hall–Kier alpha value is -3.19. The van der Waals surface area contributed by atoms with Gasteiger partial charge in [-0.3, -0.25) is 0 Å². The molecule has 0 spiro atoms. The molecule has 0 aliphatic heterocycles. The number of carboxylic acid groups (broad SMARTS) is 1. The Labute approximate surface area is 143 Å². The van der Waals surface area contributed by atoms with Crippen molar-refractivity contribution >= 4 is 32.8 Å². The predicted molar refractivity (Wildman–Crippen MR) is 90.0 cm³/mol. The number of fused-ring (bicyclic) bond motifs is 1. The van der Waals surface area contributed by atoms with E-state index in [0.717, 1.165) is 0 Å². The number of rotatable bonds is 4. The monoisotopic (exact) mass is 356 g/mol. The Morgan fingerprint density at radius 3 is 1.92 bits per heavy atom. The summed E-state index contributed by atoms with van der Waals surface area (Å²) in [5, 5.41) is 9.86. The van der Waals surface area contributed by atoms with Gasteiger partial charge in [0.2, 0.25) is 0 Å². The molecule has 6 nitrogen and oxygen atoms in total. The third-order valence-electron chi connectivity index (χ3n) is 3.59. The first kappa shape index (κ1) is 16.7. The van der Waals surface area contributed by atoms with E-state index < -0.39 is 22.1 Å². The van der Waals surface area contributed by atoms with Crippen molar-refractivity contribution in [2.45, 2.75) is 4.90 Å². The van der Waals surface area contributed by atoms with Gasteiger partial charge in [-0.25, -0.2) is 9.59 Å². The SMILES string of the molecule is O=C(O)c1cccc2c(C(=O)OS(=O)(=O)c3ccccc3)cccc12. The lowest BCUT2D eigenvalue weighted by Crippen LogP contribution is -2.14. The largest absolute Gasteiger partial charge is 0.478 e. The zero-order chi connectivity index (χ0) is 18.0. The predicted octanol–water partition coefficient (Wildman–Crippen LogP) is 3.08. The quantitative estimate of drug-likeness (QED) is 0.722. The van der Waals surface area contributed by atoms with Crippen molar-refractivity contribution < 1.29 is 27.3 Å². The van der Waals surface area contributed by atoms with Crippen LogP contribution in [0.25, 0.3) is 10.8 Å². The van der Waals surface area contributed by atoms with E-state index in [-0.39, 0.29) is 16.0 Å². The molecular formula is C18H12O6S. The minimum atomic E-state index is -4.27. The molecule has 7 heteroatoms. The lowest BCUT2D eigenvalue weighted by Gasteiger charge is -2.09. The second-order valence-corrected chi connectivity index (χ2v) is 6.70. The van der Waals surface area contributed by atoms with Gasteiger partial charge in [0, 0.05) is 0 Å². The van der Waals surface area contributed by atoms with Crippen molar-refractivity contribution in [2.75, 3.05) is 0 Å². The number of carboxylic acids is 1. The summed E-state index contributed by atoms with van der Waals surface area (Å²) in [6.45, 7) is 0. The van der Waals surface area contributed by atoms with Crippen molar-refractivity contribution in [2.24, 2.45) is 0 Å². The molecule has 1 N–H and O–H groups in total. The van der Waals surface area contributed by atoms with Crippen molar-refractivity contribution in [3.63, 3.8) is 0 Å². The second-order valence-electron chi connectivity index (χ2n) is 5.15. The molecular weight excluding hydrogens is 344 g/mol. The highest BCUT2D eigenvalue weighted by Crippen LogP contribution is 2.24. The minimum Gasteiger partial charge on any atom is -0.478 e. The average molecular weight is 356 g/mol. The van der Waals surface area contributed by atoms with Crippen molar-refractivity contribution in [1.82, 2.24) is 0 Å². The lowest BCUT2D eigenvalue weighted by atomic mass is 10.0. The molecule has 0 saturated carbocycles. The summed E-state index contributed by atoms with van der Waals surface area (Å²) in [5.74, 6) is -2.22. The molecule has 0 saturated heterocycles. The highest BCUT2D eigenvalue weighted by atomic mass is 32.2. The van der Waals surface area contributed by atoms with Crippen molar-refractivity contribution in [1.29, 1.82) is 0 Å². The van der Waals surface area contributed by atoms with Crippen LogP contribution in [0.2, 0.25) is 0 Å². The van der Waals surface area contributed by atoms with Crippen LogP contribution >= 0.6 is 0 Å². The molecule has 0 aliphatic carbocycles. The van der Waals surface area contributed by atoms with Crippen LogP contribution in [0.15, 0.2) is 71.6 Å². The van der Waals surface area contributed by atoms with Gasteiger partial charge >= 0.3 is 22.1 Å². The molecule has 3 aromatic carbocycles. The van der Waals surface area contributed by atoms with E-state index in [1.165, 1.54) is 54.6 Å². The molecule has 0 aliphatic rings. The molecule has 0 unspecified atom stereocenters. The second kappa shape index (κ2) is 6.37. The first-order valence-electron chi connectivity index (χ1n) is 7.19. The molecule has 3 aromatic rings. The first-order valence-corrected chi connectivity index (χ1v) is 8.60. The summed E-state index contributed by atoms with van der Waals surface area (Å²) in [6, 6.07) is 16.1. The normalized spacial score (nSPS) is 11.2. The van der Waals surface area contributed by atoms with Gasteiger partial charge in [0.25, 0.3) is 0 Å². The van der Waals surface area contributed by atoms with Crippen LogP contribution in [0.1, 0.15) is 20.7 Å². The molecule has 0 atom stereocenters. The van der Waals surface area contributed by atoms with Crippen molar-refractivity contribution in [3.05, 3.63) is 77.9 Å².